The van der Waals surface area contributed by atoms with Gasteiger partial charge in [0.15, 0.2) is 11.5 Å². The van der Waals surface area contributed by atoms with Crippen molar-refractivity contribution in [2.75, 3.05) is 14.2 Å². The van der Waals surface area contributed by atoms with Gasteiger partial charge in [0.05, 0.1) is 14.2 Å². The lowest BCUT2D eigenvalue weighted by Crippen LogP contribution is -2.03. The topological polar surface area (TPSA) is 18.5 Å². The van der Waals surface area contributed by atoms with Gasteiger partial charge in [0.2, 0.25) is 0 Å². The fourth-order valence-corrected chi connectivity index (χ4v) is 1.29. The van der Waals surface area contributed by atoms with Gasteiger partial charge in [0, 0.05) is 0 Å². The van der Waals surface area contributed by atoms with Gasteiger partial charge in [-0.05, 0) is 31.4 Å². The highest BCUT2D eigenvalue weighted by Gasteiger charge is 2.13. The van der Waals surface area contributed by atoms with Crippen LogP contribution in [0.25, 0.3) is 0 Å². The number of hydrogen-bond donors (Lipinski definition) is 0. The maximum absolute atomic E-state index is 5.19. The molecule has 0 aromatic carbocycles. The molecule has 1 aliphatic rings. The van der Waals surface area contributed by atoms with Gasteiger partial charge in [0.25, 0.3) is 0 Å². The molecule has 0 atom stereocenters. The third-order valence-electron chi connectivity index (χ3n) is 1.88. The van der Waals surface area contributed by atoms with Gasteiger partial charge in [-0.1, -0.05) is 0 Å². The Morgan fingerprint density at radius 2 is 2.00 bits per heavy atom. The van der Waals surface area contributed by atoms with Crippen LogP contribution in [0.5, 0.6) is 0 Å². The molecule has 1 rings (SSSR count). The Labute approximate surface area is 67.5 Å². The molecule has 0 aliphatic heterocycles. The molecule has 0 saturated carbocycles. The average Bonchev–Trinajstić information content (AvgIpc) is 2.04. The Morgan fingerprint density at radius 3 is 2.45 bits per heavy atom. The van der Waals surface area contributed by atoms with E-state index in [0.29, 0.717) is 0 Å². The lowest BCUT2D eigenvalue weighted by Gasteiger charge is -2.16. The molecule has 0 amide bonds. The highest BCUT2D eigenvalue weighted by molar-refractivity contribution is 5.28. The van der Waals surface area contributed by atoms with E-state index in [9.17, 15) is 0 Å². The summed E-state index contributed by atoms with van der Waals surface area (Å²) in [6.07, 6.45) is 4.20. The molecule has 62 valence electrons. The monoisotopic (exact) mass is 154 g/mol. The van der Waals surface area contributed by atoms with Crippen LogP contribution in [-0.4, -0.2) is 14.2 Å². The second-order valence-electron chi connectivity index (χ2n) is 2.62. The molecular weight excluding hydrogens is 140 g/mol. The van der Waals surface area contributed by atoms with Crippen molar-refractivity contribution in [3.05, 3.63) is 23.2 Å². The van der Waals surface area contributed by atoms with Crippen LogP contribution in [0.15, 0.2) is 23.2 Å². The Morgan fingerprint density at radius 1 is 1.27 bits per heavy atom. The Kier molecular flexibility index (Phi) is 2.58. The van der Waals surface area contributed by atoms with Crippen molar-refractivity contribution in [2.24, 2.45) is 0 Å². The number of methoxy groups -OCH3 is 2. The first-order chi connectivity index (χ1) is 5.29. The first kappa shape index (κ1) is 8.18. The lowest BCUT2D eigenvalue weighted by atomic mass is 10.0. The quantitative estimate of drug-likeness (QED) is 0.607. The number of hydrogen-bond acceptors (Lipinski definition) is 2. The predicted octanol–water partition coefficient (Wildman–Crippen LogP) is 2.23. The van der Waals surface area contributed by atoms with E-state index in [0.717, 1.165) is 24.4 Å². The first-order valence-electron chi connectivity index (χ1n) is 3.78. The standard InChI is InChI=1S/C9H14O2/c1-7-5-4-6-8(10-2)9(7)11-3/h6H,4-5H2,1-3H3. The average molecular weight is 154 g/mol. The van der Waals surface area contributed by atoms with Gasteiger partial charge in [-0.15, -0.1) is 0 Å². The van der Waals surface area contributed by atoms with Crippen LogP contribution in [0.2, 0.25) is 0 Å². The van der Waals surface area contributed by atoms with Crippen molar-refractivity contribution in [2.45, 2.75) is 19.8 Å². The second-order valence-corrected chi connectivity index (χ2v) is 2.62. The highest BCUT2D eigenvalue weighted by atomic mass is 16.5. The maximum Gasteiger partial charge on any atom is 0.159 e. The zero-order valence-corrected chi connectivity index (χ0v) is 7.31. The fraction of sp³-hybridized carbons (Fsp3) is 0.556. The molecule has 0 radical (unpaired) electrons. The summed E-state index contributed by atoms with van der Waals surface area (Å²) in [5.41, 5.74) is 1.27. The van der Waals surface area contributed by atoms with Crippen LogP contribution in [0.4, 0.5) is 0 Å². The van der Waals surface area contributed by atoms with Crippen molar-refractivity contribution < 1.29 is 9.47 Å². The molecule has 0 unspecified atom stereocenters. The molecule has 0 saturated heterocycles. The van der Waals surface area contributed by atoms with Crippen LogP contribution in [0.1, 0.15) is 19.8 Å². The van der Waals surface area contributed by atoms with Crippen LogP contribution in [0.3, 0.4) is 0 Å². The van der Waals surface area contributed by atoms with E-state index in [1.165, 1.54) is 5.57 Å². The fourth-order valence-electron chi connectivity index (χ4n) is 1.29. The Bertz CT molecular complexity index is 202. The van der Waals surface area contributed by atoms with E-state index in [4.69, 9.17) is 9.47 Å². The normalized spacial score (nSPS) is 17.9. The molecule has 0 bridgehead atoms. The third-order valence-corrected chi connectivity index (χ3v) is 1.88. The Balaban J connectivity index is 2.86. The number of rotatable bonds is 2. The van der Waals surface area contributed by atoms with E-state index in [1.807, 2.05) is 0 Å². The first-order valence-corrected chi connectivity index (χ1v) is 3.78. The summed E-state index contributed by atoms with van der Waals surface area (Å²) in [7, 11) is 3.35. The minimum atomic E-state index is 0.872. The van der Waals surface area contributed by atoms with Crippen molar-refractivity contribution in [3.63, 3.8) is 0 Å². The van der Waals surface area contributed by atoms with Crippen LogP contribution >= 0.6 is 0 Å². The lowest BCUT2D eigenvalue weighted by molar-refractivity contribution is 0.212. The van der Waals surface area contributed by atoms with E-state index in [-0.39, 0.29) is 0 Å². The zero-order valence-electron chi connectivity index (χ0n) is 7.31. The number of allylic oxidation sites excluding steroid dienone is 2. The summed E-state index contributed by atoms with van der Waals surface area (Å²) < 4.78 is 10.3. The van der Waals surface area contributed by atoms with Gasteiger partial charge in [-0.25, -0.2) is 0 Å². The molecule has 0 spiro atoms. The van der Waals surface area contributed by atoms with Gasteiger partial charge < -0.3 is 9.47 Å². The van der Waals surface area contributed by atoms with Crippen molar-refractivity contribution >= 4 is 0 Å². The summed E-state index contributed by atoms with van der Waals surface area (Å²) in [4.78, 5) is 0. The largest absolute Gasteiger partial charge is 0.493 e. The third kappa shape index (κ3) is 1.56. The zero-order chi connectivity index (χ0) is 8.27. The summed E-state index contributed by atoms with van der Waals surface area (Å²) in [5.74, 6) is 1.77. The van der Waals surface area contributed by atoms with Crippen molar-refractivity contribution in [1.29, 1.82) is 0 Å². The molecule has 11 heavy (non-hydrogen) atoms. The molecule has 2 heteroatoms. The summed E-state index contributed by atoms with van der Waals surface area (Å²) in [5, 5.41) is 0. The van der Waals surface area contributed by atoms with Gasteiger partial charge in [-0.2, -0.15) is 0 Å². The van der Waals surface area contributed by atoms with Gasteiger partial charge >= 0.3 is 0 Å². The minimum Gasteiger partial charge on any atom is -0.493 e. The van der Waals surface area contributed by atoms with E-state index >= 15 is 0 Å². The maximum atomic E-state index is 5.19. The summed E-state index contributed by atoms with van der Waals surface area (Å²) in [6, 6.07) is 0. The van der Waals surface area contributed by atoms with E-state index < -0.39 is 0 Å². The van der Waals surface area contributed by atoms with Crippen molar-refractivity contribution in [1.82, 2.24) is 0 Å². The molecule has 0 fully saturated rings. The summed E-state index contributed by atoms with van der Waals surface area (Å²) >= 11 is 0. The Hall–Kier alpha value is -0.920. The van der Waals surface area contributed by atoms with Crippen LogP contribution in [0, 0.1) is 0 Å². The van der Waals surface area contributed by atoms with Gasteiger partial charge in [0.1, 0.15) is 0 Å². The summed E-state index contributed by atoms with van der Waals surface area (Å²) in [6.45, 7) is 2.07. The van der Waals surface area contributed by atoms with E-state index in [2.05, 4.69) is 13.0 Å². The molecule has 2 nitrogen and oxygen atoms in total. The molecule has 0 aromatic heterocycles. The number of ether oxygens (including phenoxy) is 2. The van der Waals surface area contributed by atoms with E-state index in [1.54, 1.807) is 14.2 Å². The van der Waals surface area contributed by atoms with Gasteiger partial charge in [-0.3, -0.25) is 0 Å². The van der Waals surface area contributed by atoms with Crippen molar-refractivity contribution in [3.8, 4) is 0 Å². The molecule has 0 aromatic rings. The smallest absolute Gasteiger partial charge is 0.159 e. The molecule has 1 aliphatic carbocycles. The minimum absolute atomic E-state index is 0.872. The van der Waals surface area contributed by atoms with Crippen LogP contribution < -0.4 is 0 Å². The molecule has 0 N–H and O–H groups in total. The van der Waals surface area contributed by atoms with Crippen LogP contribution in [-0.2, 0) is 9.47 Å². The highest BCUT2D eigenvalue weighted by Crippen LogP contribution is 2.25. The SMILES string of the molecule is COC1=CCCC(C)=C1OC. The molecular formula is C9H14O2. The second kappa shape index (κ2) is 3.46. The predicted molar refractivity (Wildman–Crippen MR) is 44.0 cm³/mol. The molecule has 0 heterocycles.